The zero-order valence-corrected chi connectivity index (χ0v) is 10.5. The van der Waals surface area contributed by atoms with Crippen molar-refractivity contribution in [2.24, 2.45) is 0 Å². The molecule has 1 aliphatic heterocycles. The fourth-order valence-corrected chi connectivity index (χ4v) is 2.66. The second kappa shape index (κ2) is 4.92. The van der Waals surface area contributed by atoms with Gasteiger partial charge in [-0.05, 0) is 37.1 Å². The number of rotatable bonds is 2. The number of halogens is 2. The second-order valence-corrected chi connectivity index (χ2v) is 5.20. The molecule has 0 radical (unpaired) electrons. The first-order chi connectivity index (χ1) is 7.61. The zero-order valence-electron chi connectivity index (χ0n) is 8.97. The molecule has 1 unspecified atom stereocenters. The molecule has 0 bridgehead atoms. The van der Waals surface area contributed by atoms with Crippen LogP contribution in [0.5, 0.6) is 0 Å². The Bertz CT molecular complexity index is 355. The number of hydrogen-bond acceptors (Lipinski definition) is 2. The van der Waals surface area contributed by atoms with Gasteiger partial charge in [-0.1, -0.05) is 29.3 Å². The largest absolute Gasteiger partial charge is 0.388 e. The molecular weight excluding hydrogens is 245 g/mol. The van der Waals surface area contributed by atoms with Crippen LogP contribution in [0.1, 0.15) is 18.4 Å². The van der Waals surface area contributed by atoms with Crippen LogP contribution in [-0.2, 0) is 6.42 Å². The molecular formula is C12H15Cl2NO. The maximum absolute atomic E-state index is 10.4. The first-order valence-electron chi connectivity index (χ1n) is 5.47. The van der Waals surface area contributed by atoms with E-state index in [0.29, 0.717) is 23.0 Å². The van der Waals surface area contributed by atoms with Crippen molar-refractivity contribution >= 4 is 23.2 Å². The van der Waals surface area contributed by atoms with E-state index in [1.54, 1.807) is 0 Å². The smallest absolute Gasteiger partial charge is 0.0813 e. The van der Waals surface area contributed by atoms with Crippen LogP contribution in [0.2, 0.25) is 10.0 Å². The Morgan fingerprint density at radius 2 is 2.00 bits per heavy atom. The van der Waals surface area contributed by atoms with Crippen LogP contribution in [0.15, 0.2) is 18.2 Å². The Labute approximate surface area is 106 Å². The molecule has 0 amide bonds. The number of benzene rings is 1. The van der Waals surface area contributed by atoms with Crippen LogP contribution in [0.25, 0.3) is 0 Å². The van der Waals surface area contributed by atoms with E-state index in [2.05, 4.69) is 5.32 Å². The van der Waals surface area contributed by atoms with Gasteiger partial charge in [0.05, 0.1) is 5.60 Å². The predicted octanol–water partition coefficient (Wildman–Crippen LogP) is 2.65. The maximum atomic E-state index is 10.4. The lowest BCUT2D eigenvalue weighted by Gasteiger charge is -2.33. The number of hydrogen-bond donors (Lipinski definition) is 2. The van der Waals surface area contributed by atoms with E-state index >= 15 is 0 Å². The minimum atomic E-state index is -0.715. The van der Waals surface area contributed by atoms with Crippen molar-refractivity contribution < 1.29 is 5.11 Å². The third-order valence-corrected chi connectivity index (χ3v) is 3.73. The van der Waals surface area contributed by atoms with Crippen molar-refractivity contribution in [3.05, 3.63) is 33.8 Å². The zero-order chi connectivity index (χ0) is 11.6. The Hall–Kier alpha value is -0.280. The van der Waals surface area contributed by atoms with Gasteiger partial charge in [0.25, 0.3) is 0 Å². The standard InChI is InChI=1S/C12H15Cl2NO/c13-10-3-1-4-11(14)9(10)7-12(16)5-2-6-15-8-12/h1,3-4,15-16H,2,5-8H2. The van der Waals surface area contributed by atoms with Crippen LogP contribution in [0, 0.1) is 0 Å². The van der Waals surface area contributed by atoms with Gasteiger partial charge in [0, 0.05) is 23.0 Å². The van der Waals surface area contributed by atoms with Crippen molar-refractivity contribution in [1.82, 2.24) is 5.32 Å². The average molecular weight is 260 g/mol. The highest BCUT2D eigenvalue weighted by atomic mass is 35.5. The second-order valence-electron chi connectivity index (χ2n) is 4.38. The number of piperidine rings is 1. The van der Waals surface area contributed by atoms with Crippen LogP contribution in [-0.4, -0.2) is 23.8 Å². The fourth-order valence-electron chi connectivity index (χ4n) is 2.13. The van der Waals surface area contributed by atoms with Gasteiger partial charge in [-0.25, -0.2) is 0 Å². The minimum Gasteiger partial charge on any atom is -0.388 e. The summed E-state index contributed by atoms with van der Waals surface area (Å²) in [5.74, 6) is 0. The molecule has 2 N–H and O–H groups in total. The molecule has 0 aromatic heterocycles. The highest BCUT2D eigenvalue weighted by molar-refractivity contribution is 6.36. The highest BCUT2D eigenvalue weighted by Crippen LogP contribution is 2.30. The Balaban J connectivity index is 2.19. The molecule has 1 aliphatic rings. The fraction of sp³-hybridized carbons (Fsp3) is 0.500. The lowest BCUT2D eigenvalue weighted by molar-refractivity contribution is 0.0170. The van der Waals surface area contributed by atoms with Gasteiger partial charge in [0.2, 0.25) is 0 Å². The van der Waals surface area contributed by atoms with Crippen molar-refractivity contribution in [1.29, 1.82) is 0 Å². The van der Waals surface area contributed by atoms with E-state index in [1.807, 2.05) is 18.2 Å². The molecule has 0 spiro atoms. The van der Waals surface area contributed by atoms with Crippen LogP contribution in [0.4, 0.5) is 0 Å². The van der Waals surface area contributed by atoms with Gasteiger partial charge in [-0.2, -0.15) is 0 Å². The summed E-state index contributed by atoms with van der Waals surface area (Å²) in [5.41, 5.74) is 0.129. The molecule has 16 heavy (non-hydrogen) atoms. The molecule has 0 saturated carbocycles. The van der Waals surface area contributed by atoms with Gasteiger partial charge in [-0.15, -0.1) is 0 Å². The van der Waals surface area contributed by atoms with Gasteiger partial charge in [0.15, 0.2) is 0 Å². The number of β-amino-alcohol motifs (C(OH)–C–C–N with tert-alkyl or cyclic N) is 1. The van der Waals surface area contributed by atoms with Gasteiger partial charge >= 0.3 is 0 Å². The predicted molar refractivity (Wildman–Crippen MR) is 67.2 cm³/mol. The third kappa shape index (κ3) is 2.69. The van der Waals surface area contributed by atoms with Gasteiger partial charge in [-0.3, -0.25) is 0 Å². The summed E-state index contributed by atoms with van der Waals surface area (Å²) in [6, 6.07) is 5.43. The van der Waals surface area contributed by atoms with Crippen molar-refractivity contribution in [3.8, 4) is 0 Å². The quantitative estimate of drug-likeness (QED) is 0.856. The molecule has 1 aromatic rings. The van der Waals surface area contributed by atoms with E-state index in [0.717, 1.165) is 24.9 Å². The minimum absolute atomic E-state index is 0.512. The topological polar surface area (TPSA) is 32.3 Å². The third-order valence-electron chi connectivity index (χ3n) is 3.02. The summed E-state index contributed by atoms with van der Waals surface area (Å²) < 4.78 is 0. The van der Waals surface area contributed by atoms with Gasteiger partial charge < -0.3 is 10.4 Å². The highest BCUT2D eigenvalue weighted by Gasteiger charge is 2.30. The summed E-state index contributed by atoms with van der Waals surface area (Å²) in [4.78, 5) is 0. The maximum Gasteiger partial charge on any atom is 0.0813 e. The van der Waals surface area contributed by atoms with Crippen LogP contribution >= 0.6 is 23.2 Å². The summed E-state index contributed by atoms with van der Waals surface area (Å²) in [5, 5.41) is 14.9. The number of aliphatic hydroxyl groups is 1. The Morgan fingerprint density at radius 1 is 1.31 bits per heavy atom. The summed E-state index contributed by atoms with van der Waals surface area (Å²) in [7, 11) is 0. The molecule has 1 heterocycles. The van der Waals surface area contributed by atoms with Crippen LogP contribution in [0.3, 0.4) is 0 Å². The molecule has 1 aromatic carbocycles. The number of nitrogens with one attached hydrogen (secondary N) is 1. The van der Waals surface area contributed by atoms with Crippen molar-refractivity contribution in [2.75, 3.05) is 13.1 Å². The van der Waals surface area contributed by atoms with Gasteiger partial charge in [0.1, 0.15) is 0 Å². The van der Waals surface area contributed by atoms with Crippen molar-refractivity contribution in [2.45, 2.75) is 24.9 Å². The summed E-state index contributed by atoms with van der Waals surface area (Å²) in [6.07, 6.45) is 2.29. The lowest BCUT2D eigenvalue weighted by Crippen LogP contribution is -2.47. The monoisotopic (exact) mass is 259 g/mol. The first-order valence-corrected chi connectivity index (χ1v) is 6.22. The van der Waals surface area contributed by atoms with E-state index in [-0.39, 0.29) is 0 Å². The molecule has 1 atom stereocenters. The molecule has 4 heteroatoms. The molecule has 88 valence electrons. The van der Waals surface area contributed by atoms with E-state index in [4.69, 9.17) is 23.2 Å². The molecule has 0 aliphatic carbocycles. The SMILES string of the molecule is OC1(Cc2c(Cl)cccc2Cl)CCCNC1. The Morgan fingerprint density at radius 3 is 2.56 bits per heavy atom. The molecule has 2 nitrogen and oxygen atoms in total. The molecule has 1 fully saturated rings. The van der Waals surface area contributed by atoms with Crippen molar-refractivity contribution in [3.63, 3.8) is 0 Å². The summed E-state index contributed by atoms with van der Waals surface area (Å²) in [6.45, 7) is 1.58. The average Bonchev–Trinajstić information content (AvgIpc) is 2.25. The first kappa shape index (κ1) is 12.2. The lowest BCUT2D eigenvalue weighted by atomic mass is 9.87. The normalized spacial score (nSPS) is 25.7. The van der Waals surface area contributed by atoms with Crippen LogP contribution < -0.4 is 5.32 Å². The summed E-state index contributed by atoms with van der Waals surface area (Å²) >= 11 is 12.2. The Kier molecular flexibility index (Phi) is 3.75. The van der Waals surface area contributed by atoms with E-state index in [1.165, 1.54) is 0 Å². The molecule has 2 rings (SSSR count). The van der Waals surface area contributed by atoms with E-state index < -0.39 is 5.60 Å². The molecule has 1 saturated heterocycles. The van der Waals surface area contributed by atoms with E-state index in [9.17, 15) is 5.11 Å².